The number of rotatable bonds is 4. The lowest BCUT2D eigenvalue weighted by atomic mass is 10.2. The summed E-state index contributed by atoms with van der Waals surface area (Å²) in [6.07, 6.45) is -3.77. The molecule has 31 heavy (non-hydrogen) atoms. The molecular weight excluding hydrogens is 431 g/mol. The quantitative estimate of drug-likeness (QED) is 0.730. The molecule has 2 amide bonds. The molecule has 2 unspecified atom stereocenters. The van der Waals surface area contributed by atoms with E-state index in [9.17, 15) is 28.0 Å². The second-order valence-corrected chi connectivity index (χ2v) is 10.2. The van der Waals surface area contributed by atoms with Gasteiger partial charge >= 0.3 is 12.3 Å². The van der Waals surface area contributed by atoms with Crippen LogP contribution in [0.3, 0.4) is 0 Å². The molecule has 1 aromatic rings. The maximum absolute atomic E-state index is 13.0. The van der Waals surface area contributed by atoms with Crippen LogP contribution < -0.4 is 5.32 Å². The van der Waals surface area contributed by atoms with Gasteiger partial charge in [0.1, 0.15) is 17.2 Å². The molecule has 1 saturated carbocycles. The van der Waals surface area contributed by atoms with E-state index in [0.717, 1.165) is 12.1 Å². The van der Waals surface area contributed by atoms with Gasteiger partial charge in [0.25, 0.3) is 0 Å². The maximum Gasteiger partial charge on any atom is 0.416 e. The first-order valence-electron chi connectivity index (χ1n) is 9.89. The fourth-order valence-corrected chi connectivity index (χ4v) is 4.55. The molecule has 0 bridgehead atoms. The highest BCUT2D eigenvalue weighted by Gasteiger charge is 2.49. The maximum atomic E-state index is 13.0. The normalized spacial score (nSPS) is 22.5. The van der Waals surface area contributed by atoms with Gasteiger partial charge in [-0.25, -0.2) is 4.79 Å². The van der Waals surface area contributed by atoms with E-state index in [-0.39, 0.29) is 18.2 Å². The van der Waals surface area contributed by atoms with Gasteiger partial charge < -0.3 is 10.1 Å². The van der Waals surface area contributed by atoms with Crippen molar-refractivity contribution in [2.75, 3.05) is 6.54 Å². The average Bonchev–Trinajstić information content (AvgIpc) is 3.29. The monoisotopic (exact) mass is 455 g/mol. The number of nitriles is 1. The number of thioether (sulfide) groups is 1. The number of nitrogens with zero attached hydrogens (tertiary/aromatic N) is 2. The number of carbonyl (C=O) groups is 2. The second kappa shape index (κ2) is 8.26. The van der Waals surface area contributed by atoms with Crippen molar-refractivity contribution in [3.05, 3.63) is 29.8 Å². The number of nitrogens with one attached hydrogen (secondary N) is 1. The molecule has 168 valence electrons. The van der Waals surface area contributed by atoms with Gasteiger partial charge in [0.2, 0.25) is 5.91 Å². The number of hydrogen-bond donors (Lipinski definition) is 1. The lowest BCUT2D eigenvalue weighted by molar-refractivity contribution is -0.137. The Kier molecular flexibility index (Phi) is 6.20. The van der Waals surface area contributed by atoms with E-state index < -0.39 is 40.9 Å². The van der Waals surface area contributed by atoms with Crippen LogP contribution >= 0.6 is 11.8 Å². The minimum Gasteiger partial charge on any atom is -0.444 e. The first kappa shape index (κ1) is 23.3. The van der Waals surface area contributed by atoms with E-state index >= 15 is 0 Å². The van der Waals surface area contributed by atoms with E-state index in [1.54, 1.807) is 26.8 Å². The predicted molar refractivity (Wildman–Crippen MR) is 108 cm³/mol. The Balaban J connectivity index is 1.77. The highest BCUT2D eigenvalue weighted by molar-refractivity contribution is 8.00. The Morgan fingerprint density at radius 2 is 1.97 bits per heavy atom. The predicted octanol–water partition coefficient (Wildman–Crippen LogP) is 4.35. The standard InChI is InChI=1S/C21H24F3N3O3S/c1-19(2,3)30-18(29)27-11-15(10-16(27)17(28)26-20(12-25)7-8-20)31-14-6-4-5-13(9-14)21(22,23)24/h4-6,9,15-16H,7-8,10-11H2,1-3H3,(H,26,28). The number of benzene rings is 1. The fraction of sp³-hybridized carbons (Fsp3) is 0.571. The molecule has 0 spiro atoms. The Hall–Kier alpha value is -2.41. The molecule has 10 heteroatoms. The third kappa shape index (κ3) is 5.85. The first-order valence-corrected chi connectivity index (χ1v) is 10.8. The van der Waals surface area contributed by atoms with Crippen LogP contribution in [0, 0.1) is 11.3 Å². The molecule has 1 N–H and O–H groups in total. The minimum absolute atomic E-state index is 0.146. The third-order valence-corrected chi connectivity index (χ3v) is 6.18. The van der Waals surface area contributed by atoms with Gasteiger partial charge in [-0.3, -0.25) is 9.69 Å². The summed E-state index contributed by atoms with van der Waals surface area (Å²) in [5, 5.41) is 11.7. The van der Waals surface area contributed by atoms with E-state index in [1.807, 2.05) is 0 Å². The van der Waals surface area contributed by atoms with Gasteiger partial charge in [-0.15, -0.1) is 11.8 Å². The number of alkyl halides is 3. The lowest BCUT2D eigenvalue weighted by Gasteiger charge is -2.28. The number of halogens is 3. The highest BCUT2D eigenvalue weighted by Crippen LogP contribution is 2.38. The van der Waals surface area contributed by atoms with Crippen LogP contribution in [0.25, 0.3) is 0 Å². The smallest absolute Gasteiger partial charge is 0.416 e. The Morgan fingerprint density at radius 3 is 2.52 bits per heavy atom. The van der Waals surface area contributed by atoms with Crippen LogP contribution in [0.4, 0.5) is 18.0 Å². The summed E-state index contributed by atoms with van der Waals surface area (Å²) in [7, 11) is 0. The zero-order chi connectivity index (χ0) is 23.0. The molecule has 1 saturated heterocycles. The zero-order valence-electron chi connectivity index (χ0n) is 17.5. The Bertz CT molecular complexity index is 904. The van der Waals surface area contributed by atoms with Gasteiger partial charge in [0, 0.05) is 16.7 Å². The van der Waals surface area contributed by atoms with E-state index in [4.69, 9.17) is 4.74 Å². The van der Waals surface area contributed by atoms with Crippen LogP contribution in [0.2, 0.25) is 0 Å². The van der Waals surface area contributed by atoms with Crippen LogP contribution in [0.5, 0.6) is 0 Å². The highest BCUT2D eigenvalue weighted by atomic mass is 32.2. The van der Waals surface area contributed by atoms with Crippen molar-refractivity contribution in [3.8, 4) is 6.07 Å². The zero-order valence-corrected chi connectivity index (χ0v) is 18.3. The van der Waals surface area contributed by atoms with Crippen LogP contribution in [0.1, 0.15) is 45.6 Å². The first-order chi connectivity index (χ1) is 14.3. The molecule has 1 aliphatic carbocycles. The summed E-state index contributed by atoms with van der Waals surface area (Å²) < 4.78 is 44.5. The third-order valence-electron chi connectivity index (χ3n) is 4.98. The van der Waals surface area contributed by atoms with E-state index in [2.05, 4.69) is 11.4 Å². The molecule has 1 aromatic carbocycles. The van der Waals surface area contributed by atoms with Crippen LogP contribution in [0.15, 0.2) is 29.2 Å². The number of hydrogen-bond acceptors (Lipinski definition) is 5. The Labute approximate surface area is 183 Å². The second-order valence-electron chi connectivity index (χ2n) is 8.83. The number of ether oxygens (including phenoxy) is 1. The van der Waals surface area contributed by atoms with Crippen molar-refractivity contribution in [3.63, 3.8) is 0 Å². The topological polar surface area (TPSA) is 82.4 Å². The largest absolute Gasteiger partial charge is 0.444 e. The van der Waals surface area contributed by atoms with Crippen molar-refractivity contribution in [2.45, 2.75) is 73.5 Å². The van der Waals surface area contributed by atoms with Crippen molar-refractivity contribution < 1.29 is 27.5 Å². The van der Waals surface area contributed by atoms with E-state index in [0.29, 0.717) is 17.7 Å². The SMILES string of the molecule is CC(C)(C)OC(=O)N1CC(Sc2cccc(C(F)(F)F)c2)CC1C(=O)NC1(C#N)CC1. The summed E-state index contributed by atoms with van der Waals surface area (Å²) in [6.45, 7) is 5.27. The molecule has 2 atom stereocenters. The lowest BCUT2D eigenvalue weighted by Crippen LogP contribution is -2.50. The average molecular weight is 456 g/mol. The van der Waals surface area contributed by atoms with Crippen molar-refractivity contribution in [1.82, 2.24) is 10.2 Å². The molecule has 1 heterocycles. The van der Waals surface area contributed by atoms with E-state index in [1.165, 1.54) is 22.7 Å². The number of likely N-dealkylation sites (tertiary alicyclic amines) is 1. The van der Waals surface area contributed by atoms with Gasteiger partial charge in [-0.2, -0.15) is 18.4 Å². The molecule has 0 radical (unpaired) electrons. The van der Waals surface area contributed by atoms with Gasteiger partial charge in [-0.05, 0) is 58.2 Å². The summed E-state index contributed by atoms with van der Waals surface area (Å²) in [4.78, 5) is 27.3. The molecular formula is C21H24F3N3O3S. The van der Waals surface area contributed by atoms with Crippen molar-refractivity contribution in [2.24, 2.45) is 0 Å². The molecule has 1 aliphatic heterocycles. The van der Waals surface area contributed by atoms with Crippen LogP contribution in [-0.4, -0.2) is 45.9 Å². The van der Waals surface area contributed by atoms with Gasteiger partial charge in [0.05, 0.1) is 11.6 Å². The number of amides is 2. The van der Waals surface area contributed by atoms with Gasteiger partial charge in [-0.1, -0.05) is 6.07 Å². The summed E-state index contributed by atoms with van der Waals surface area (Å²) >= 11 is 1.19. The van der Waals surface area contributed by atoms with Crippen molar-refractivity contribution >= 4 is 23.8 Å². The Morgan fingerprint density at radius 1 is 1.29 bits per heavy atom. The molecule has 0 aromatic heterocycles. The molecule has 2 fully saturated rings. The summed E-state index contributed by atoms with van der Waals surface area (Å²) in [6, 6.07) is 6.19. The van der Waals surface area contributed by atoms with Gasteiger partial charge in [0.15, 0.2) is 0 Å². The summed E-state index contributed by atoms with van der Waals surface area (Å²) in [5.41, 5.74) is -2.41. The fourth-order valence-electron chi connectivity index (χ4n) is 3.30. The molecule has 6 nitrogen and oxygen atoms in total. The molecule has 3 rings (SSSR count). The molecule has 2 aliphatic rings. The number of carbonyl (C=O) groups excluding carboxylic acids is 2. The summed E-state index contributed by atoms with van der Waals surface area (Å²) in [5.74, 6) is -0.447. The van der Waals surface area contributed by atoms with Crippen molar-refractivity contribution in [1.29, 1.82) is 5.26 Å². The van der Waals surface area contributed by atoms with Crippen LogP contribution in [-0.2, 0) is 15.7 Å². The minimum atomic E-state index is -4.45.